The lowest BCUT2D eigenvalue weighted by atomic mass is 10.0. The van der Waals surface area contributed by atoms with E-state index in [9.17, 15) is 5.26 Å². The van der Waals surface area contributed by atoms with Crippen LogP contribution in [0.2, 0.25) is 0 Å². The molecule has 1 aliphatic rings. The van der Waals surface area contributed by atoms with Crippen LogP contribution in [0.1, 0.15) is 18.4 Å². The molecule has 0 aliphatic carbocycles. The maximum Gasteiger partial charge on any atom is 0.103 e. The molecule has 0 spiro atoms. The number of rotatable bonds is 3. The van der Waals surface area contributed by atoms with E-state index in [4.69, 9.17) is 0 Å². The zero-order valence-corrected chi connectivity index (χ0v) is 12.7. The van der Waals surface area contributed by atoms with E-state index >= 15 is 0 Å². The third-order valence-corrected chi connectivity index (χ3v) is 4.64. The average Bonchev–Trinajstić information content (AvgIpc) is 2.45. The predicted octanol–water partition coefficient (Wildman–Crippen LogP) is 2.81. The second kappa shape index (κ2) is 6.31. The van der Waals surface area contributed by atoms with Gasteiger partial charge in [0.2, 0.25) is 0 Å². The van der Waals surface area contributed by atoms with Gasteiger partial charge >= 0.3 is 0 Å². The molecule has 3 nitrogen and oxygen atoms in total. The van der Waals surface area contributed by atoms with Crippen LogP contribution in [-0.4, -0.2) is 44.4 Å². The van der Waals surface area contributed by atoms with Gasteiger partial charge in [0, 0.05) is 24.5 Å². The summed E-state index contributed by atoms with van der Waals surface area (Å²) in [6.07, 6.45) is 4.46. The van der Waals surface area contributed by atoms with Gasteiger partial charge in [0.15, 0.2) is 0 Å². The van der Waals surface area contributed by atoms with Crippen LogP contribution in [-0.2, 0) is 0 Å². The van der Waals surface area contributed by atoms with Crippen LogP contribution >= 0.6 is 11.8 Å². The Kier molecular flexibility index (Phi) is 4.73. The van der Waals surface area contributed by atoms with Crippen molar-refractivity contribution < 1.29 is 0 Å². The van der Waals surface area contributed by atoms with Crippen molar-refractivity contribution in [2.24, 2.45) is 0 Å². The van der Waals surface area contributed by atoms with Gasteiger partial charge in [-0.1, -0.05) is 6.07 Å². The van der Waals surface area contributed by atoms with Gasteiger partial charge in [0.1, 0.15) is 6.07 Å². The first kappa shape index (κ1) is 14.2. The zero-order chi connectivity index (χ0) is 13.8. The Labute approximate surface area is 120 Å². The van der Waals surface area contributed by atoms with Gasteiger partial charge in [-0.15, -0.1) is 11.8 Å². The fourth-order valence-corrected chi connectivity index (χ4v) is 3.32. The number of hydrogen-bond donors (Lipinski definition) is 0. The molecule has 102 valence electrons. The smallest absolute Gasteiger partial charge is 0.103 e. The van der Waals surface area contributed by atoms with E-state index in [1.165, 1.54) is 19.4 Å². The summed E-state index contributed by atoms with van der Waals surface area (Å²) in [6, 6.07) is 9.00. The number of nitrogens with zero attached hydrogens (tertiary/aromatic N) is 3. The Morgan fingerprint density at radius 2 is 2.26 bits per heavy atom. The maximum atomic E-state index is 9.43. The summed E-state index contributed by atoms with van der Waals surface area (Å²) < 4.78 is 0. The van der Waals surface area contributed by atoms with Crippen molar-refractivity contribution in [3.05, 3.63) is 23.8 Å². The zero-order valence-electron chi connectivity index (χ0n) is 11.9. The number of anilines is 1. The molecule has 1 aromatic carbocycles. The fraction of sp³-hybridized carbons (Fsp3) is 0.533. The van der Waals surface area contributed by atoms with Gasteiger partial charge in [0.25, 0.3) is 0 Å². The van der Waals surface area contributed by atoms with Gasteiger partial charge in [-0.2, -0.15) is 5.26 Å². The highest BCUT2D eigenvalue weighted by Gasteiger charge is 2.23. The highest BCUT2D eigenvalue weighted by molar-refractivity contribution is 7.98. The van der Waals surface area contributed by atoms with Crippen molar-refractivity contribution in [2.45, 2.75) is 23.8 Å². The molecule has 4 heteroatoms. The van der Waals surface area contributed by atoms with Crippen molar-refractivity contribution in [3.8, 4) is 6.07 Å². The highest BCUT2D eigenvalue weighted by Crippen LogP contribution is 2.30. The molecule has 0 aromatic heterocycles. The van der Waals surface area contributed by atoms with Crippen LogP contribution in [0.15, 0.2) is 23.1 Å². The molecule has 0 saturated carbocycles. The van der Waals surface area contributed by atoms with Crippen LogP contribution in [0.4, 0.5) is 5.69 Å². The summed E-state index contributed by atoms with van der Waals surface area (Å²) in [5.74, 6) is 0. The van der Waals surface area contributed by atoms with Gasteiger partial charge in [0.05, 0.1) is 11.3 Å². The molecule has 1 unspecified atom stereocenters. The summed E-state index contributed by atoms with van der Waals surface area (Å²) in [5.41, 5.74) is 1.88. The number of likely N-dealkylation sites (N-methyl/N-ethyl adjacent to an activating group) is 2. The number of piperidine rings is 1. The molecule has 1 aliphatic heterocycles. The van der Waals surface area contributed by atoms with Gasteiger partial charge in [-0.3, -0.25) is 0 Å². The van der Waals surface area contributed by atoms with Crippen LogP contribution < -0.4 is 4.90 Å². The second-order valence-corrected chi connectivity index (χ2v) is 5.98. The van der Waals surface area contributed by atoms with Crippen molar-refractivity contribution in [2.75, 3.05) is 38.3 Å². The molecular weight excluding hydrogens is 254 g/mol. The monoisotopic (exact) mass is 275 g/mol. The lowest BCUT2D eigenvalue weighted by Gasteiger charge is -2.37. The molecule has 1 fully saturated rings. The van der Waals surface area contributed by atoms with E-state index in [0.29, 0.717) is 6.04 Å². The van der Waals surface area contributed by atoms with E-state index < -0.39 is 0 Å². The number of hydrogen-bond acceptors (Lipinski definition) is 4. The summed E-state index contributed by atoms with van der Waals surface area (Å²) >= 11 is 1.64. The third kappa shape index (κ3) is 3.05. The minimum Gasteiger partial charge on any atom is -0.369 e. The van der Waals surface area contributed by atoms with Crippen molar-refractivity contribution in [1.29, 1.82) is 5.26 Å². The number of thioether (sulfide) groups is 1. The van der Waals surface area contributed by atoms with Crippen molar-refractivity contribution >= 4 is 17.4 Å². The Hall–Kier alpha value is -1.18. The molecule has 0 radical (unpaired) electrons. The van der Waals surface area contributed by atoms with Crippen LogP contribution in [0.3, 0.4) is 0 Å². The standard InChI is InChI=1S/C15H21N3S/c1-17-9-5-6-12(11-17)18(2)14-7-4-8-15(19-3)13(14)10-16/h4,7-8,12H,5-6,9,11H2,1-3H3. The minimum atomic E-state index is 0.503. The molecule has 0 bridgehead atoms. The van der Waals surface area contributed by atoms with Gasteiger partial charge in [-0.25, -0.2) is 0 Å². The van der Waals surface area contributed by atoms with Gasteiger partial charge in [-0.05, 0) is 44.8 Å². The average molecular weight is 275 g/mol. The van der Waals surface area contributed by atoms with Crippen LogP contribution in [0.5, 0.6) is 0 Å². The first-order chi connectivity index (χ1) is 9.17. The molecule has 19 heavy (non-hydrogen) atoms. The Balaban J connectivity index is 2.28. The first-order valence-corrected chi connectivity index (χ1v) is 7.88. The van der Waals surface area contributed by atoms with E-state index in [1.807, 2.05) is 18.4 Å². The normalized spacial score (nSPS) is 20.0. The number of nitriles is 1. The van der Waals surface area contributed by atoms with Crippen molar-refractivity contribution in [1.82, 2.24) is 4.90 Å². The Morgan fingerprint density at radius 3 is 2.89 bits per heavy atom. The fourth-order valence-electron chi connectivity index (χ4n) is 2.75. The topological polar surface area (TPSA) is 30.3 Å². The summed E-state index contributed by atoms with van der Waals surface area (Å²) in [4.78, 5) is 5.72. The van der Waals surface area contributed by atoms with E-state index in [1.54, 1.807) is 11.8 Å². The summed E-state index contributed by atoms with van der Waals surface area (Å²) in [6.45, 7) is 2.26. The molecule has 1 heterocycles. The predicted molar refractivity (Wildman–Crippen MR) is 81.9 cm³/mol. The molecule has 1 saturated heterocycles. The Morgan fingerprint density at radius 1 is 1.47 bits per heavy atom. The van der Waals surface area contributed by atoms with E-state index in [2.05, 4.69) is 36.0 Å². The summed E-state index contributed by atoms with van der Waals surface area (Å²) in [7, 11) is 4.29. The number of benzene rings is 1. The Bertz CT molecular complexity index is 481. The first-order valence-electron chi connectivity index (χ1n) is 6.66. The van der Waals surface area contributed by atoms with Crippen LogP contribution in [0, 0.1) is 11.3 Å². The maximum absolute atomic E-state index is 9.43. The molecule has 2 rings (SSSR count). The third-order valence-electron chi connectivity index (χ3n) is 3.86. The number of likely N-dealkylation sites (tertiary alicyclic amines) is 1. The lowest BCUT2D eigenvalue weighted by Crippen LogP contribution is -2.45. The molecule has 1 atom stereocenters. The summed E-state index contributed by atoms with van der Waals surface area (Å²) in [5, 5.41) is 9.43. The van der Waals surface area contributed by atoms with Crippen molar-refractivity contribution in [3.63, 3.8) is 0 Å². The molecule has 0 N–H and O–H groups in total. The largest absolute Gasteiger partial charge is 0.369 e. The van der Waals surface area contributed by atoms with Gasteiger partial charge < -0.3 is 9.80 Å². The van der Waals surface area contributed by atoms with E-state index in [-0.39, 0.29) is 0 Å². The highest BCUT2D eigenvalue weighted by atomic mass is 32.2. The van der Waals surface area contributed by atoms with E-state index in [0.717, 1.165) is 22.7 Å². The SMILES string of the molecule is CSc1cccc(N(C)C2CCCN(C)C2)c1C#N. The van der Waals surface area contributed by atoms with Crippen LogP contribution in [0.25, 0.3) is 0 Å². The molecule has 0 amide bonds. The lowest BCUT2D eigenvalue weighted by molar-refractivity contribution is 0.248. The quantitative estimate of drug-likeness (QED) is 0.794. The molecule has 1 aromatic rings. The minimum absolute atomic E-state index is 0.503. The molecular formula is C15H21N3S. The second-order valence-electron chi connectivity index (χ2n) is 5.14.